The molecule has 31 heavy (non-hydrogen) atoms. The highest BCUT2D eigenvalue weighted by Crippen LogP contribution is 2.23. The number of hydrogen-bond donors (Lipinski definition) is 1. The largest absolute Gasteiger partial charge is 0.495 e. The minimum absolute atomic E-state index is 0.113. The number of carbonyl (C=O) groups excluding carboxylic acids is 2. The lowest BCUT2D eigenvalue weighted by Gasteiger charge is -2.21. The minimum atomic E-state index is -0.393. The molecule has 158 valence electrons. The topological polar surface area (TPSA) is 105 Å². The standard InChI is InChI=1S/C23H21N3O5/c1-29-21-7-3-2-6-20(21)25-22(27)15-26(14-19-5-4-12-30-19)23(28)16-31-18-10-8-17(13-24)9-11-18/h2-12H,14-16H2,1H3,(H,25,27). The Hall–Kier alpha value is -4.25. The van der Waals surface area contributed by atoms with Crippen LogP contribution >= 0.6 is 0 Å². The summed E-state index contributed by atoms with van der Waals surface area (Å²) in [5, 5.41) is 11.6. The van der Waals surface area contributed by atoms with Gasteiger partial charge in [-0.1, -0.05) is 12.1 Å². The van der Waals surface area contributed by atoms with Gasteiger partial charge in [0.05, 0.1) is 37.2 Å². The Morgan fingerprint density at radius 2 is 1.87 bits per heavy atom. The lowest BCUT2D eigenvalue weighted by atomic mass is 10.2. The van der Waals surface area contributed by atoms with Crippen molar-refractivity contribution in [3.05, 3.63) is 78.3 Å². The Bertz CT molecular complexity index is 1060. The van der Waals surface area contributed by atoms with Crippen LogP contribution < -0.4 is 14.8 Å². The highest BCUT2D eigenvalue weighted by molar-refractivity contribution is 5.95. The molecule has 0 bridgehead atoms. The first kappa shape index (κ1) is 21.5. The van der Waals surface area contributed by atoms with Crippen LogP contribution in [0.3, 0.4) is 0 Å². The van der Waals surface area contributed by atoms with Crippen LogP contribution in [0.25, 0.3) is 0 Å². The molecule has 0 radical (unpaired) electrons. The number of anilines is 1. The summed E-state index contributed by atoms with van der Waals surface area (Å²) < 4.78 is 16.1. The maximum atomic E-state index is 12.8. The quantitative estimate of drug-likeness (QED) is 0.571. The smallest absolute Gasteiger partial charge is 0.261 e. The molecule has 2 amide bonds. The molecule has 1 heterocycles. The lowest BCUT2D eigenvalue weighted by Crippen LogP contribution is -2.40. The first-order valence-electron chi connectivity index (χ1n) is 9.45. The van der Waals surface area contributed by atoms with Crippen molar-refractivity contribution in [2.24, 2.45) is 0 Å². The monoisotopic (exact) mass is 419 g/mol. The maximum absolute atomic E-state index is 12.8. The third-order valence-corrected chi connectivity index (χ3v) is 4.34. The molecule has 3 rings (SSSR count). The molecule has 0 unspecified atom stereocenters. The fraction of sp³-hybridized carbons (Fsp3) is 0.174. The minimum Gasteiger partial charge on any atom is -0.495 e. The summed E-state index contributed by atoms with van der Waals surface area (Å²) in [6, 6.07) is 18.9. The molecule has 0 fully saturated rings. The number of benzene rings is 2. The van der Waals surface area contributed by atoms with Crippen molar-refractivity contribution < 1.29 is 23.5 Å². The number of ether oxygens (including phenoxy) is 2. The predicted octanol–water partition coefficient (Wildman–Crippen LogP) is 3.21. The molecule has 0 saturated heterocycles. The van der Waals surface area contributed by atoms with Gasteiger partial charge in [0, 0.05) is 0 Å². The van der Waals surface area contributed by atoms with Crippen molar-refractivity contribution in [2.75, 3.05) is 25.6 Å². The van der Waals surface area contributed by atoms with E-state index in [1.807, 2.05) is 6.07 Å². The Morgan fingerprint density at radius 1 is 1.10 bits per heavy atom. The molecule has 0 aliphatic rings. The van der Waals surface area contributed by atoms with Crippen LogP contribution in [0.15, 0.2) is 71.3 Å². The molecule has 0 aliphatic carbocycles. The molecule has 0 atom stereocenters. The number of hydrogen-bond acceptors (Lipinski definition) is 6. The van der Waals surface area contributed by atoms with E-state index in [-0.39, 0.29) is 25.6 Å². The van der Waals surface area contributed by atoms with Gasteiger partial charge in [0.25, 0.3) is 5.91 Å². The van der Waals surface area contributed by atoms with Crippen molar-refractivity contribution in [3.63, 3.8) is 0 Å². The molecule has 1 N–H and O–H groups in total. The summed E-state index contributed by atoms with van der Waals surface area (Å²) in [6.45, 7) is -0.356. The average molecular weight is 419 g/mol. The van der Waals surface area contributed by atoms with E-state index in [2.05, 4.69) is 5.32 Å². The van der Waals surface area contributed by atoms with Gasteiger partial charge in [-0.25, -0.2) is 0 Å². The summed E-state index contributed by atoms with van der Waals surface area (Å²) in [5.74, 6) is 0.725. The first-order chi connectivity index (χ1) is 15.1. The van der Waals surface area contributed by atoms with E-state index in [4.69, 9.17) is 19.2 Å². The zero-order valence-electron chi connectivity index (χ0n) is 16.9. The summed E-state index contributed by atoms with van der Waals surface area (Å²) in [5.41, 5.74) is 1.00. The first-order valence-corrected chi connectivity index (χ1v) is 9.45. The highest BCUT2D eigenvalue weighted by atomic mass is 16.5. The maximum Gasteiger partial charge on any atom is 0.261 e. The van der Waals surface area contributed by atoms with E-state index in [9.17, 15) is 9.59 Å². The second-order valence-electron chi connectivity index (χ2n) is 6.50. The molecule has 0 spiro atoms. The number of para-hydroxylation sites is 2. The number of nitrogens with one attached hydrogen (secondary N) is 1. The van der Waals surface area contributed by atoms with Crippen molar-refractivity contribution >= 4 is 17.5 Å². The van der Waals surface area contributed by atoms with Crippen molar-refractivity contribution in [1.29, 1.82) is 5.26 Å². The van der Waals surface area contributed by atoms with Crippen molar-refractivity contribution in [1.82, 2.24) is 4.90 Å². The van der Waals surface area contributed by atoms with Crippen molar-refractivity contribution in [3.8, 4) is 17.6 Å². The second-order valence-corrected chi connectivity index (χ2v) is 6.50. The van der Waals surface area contributed by atoms with Crippen LogP contribution in [0.4, 0.5) is 5.69 Å². The number of amides is 2. The van der Waals surface area contributed by atoms with E-state index in [0.717, 1.165) is 0 Å². The zero-order chi connectivity index (χ0) is 22.1. The summed E-state index contributed by atoms with van der Waals surface area (Å²) in [4.78, 5) is 26.7. The number of nitrogens with zero attached hydrogens (tertiary/aromatic N) is 2. The van der Waals surface area contributed by atoms with Gasteiger partial charge in [-0.2, -0.15) is 5.26 Å². The Labute approximate surface area is 179 Å². The van der Waals surface area contributed by atoms with Gasteiger partial charge in [0.15, 0.2) is 6.61 Å². The fourth-order valence-corrected chi connectivity index (χ4v) is 2.80. The summed E-state index contributed by atoms with van der Waals surface area (Å²) in [6.07, 6.45) is 1.50. The van der Waals surface area contributed by atoms with E-state index in [1.54, 1.807) is 60.7 Å². The van der Waals surface area contributed by atoms with Gasteiger partial charge < -0.3 is 24.1 Å². The lowest BCUT2D eigenvalue weighted by molar-refractivity contribution is -0.137. The summed E-state index contributed by atoms with van der Waals surface area (Å²) >= 11 is 0. The Kier molecular flexibility index (Phi) is 7.27. The van der Waals surface area contributed by atoms with Gasteiger partial charge in [-0.3, -0.25) is 9.59 Å². The van der Waals surface area contributed by atoms with Crippen LogP contribution in [0.2, 0.25) is 0 Å². The molecule has 0 saturated carbocycles. The molecular weight excluding hydrogens is 398 g/mol. The van der Waals surface area contributed by atoms with Crippen LogP contribution in [-0.4, -0.2) is 37.0 Å². The molecule has 3 aromatic rings. The molecule has 8 heteroatoms. The average Bonchev–Trinajstić information content (AvgIpc) is 3.31. The SMILES string of the molecule is COc1ccccc1NC(=O)CN(Cc1ccco1)C(=O)COc1ccc(C#N)cc1. The second kappa shape index (κ2) is 10.5. The van der Waals surface area contributed by atoms with Gasteiger partial charge in [0.1, 0.15) is 23.8 Å². The van der Waals surface area contributed by atoms with Gasteiger partial charge in [-0.05, 0) is 48.5 Å². The Balaban J connectivity index is 1.65. The molecular formula is C23H21N3O5. The number of furan rings is 1. The molecule has 2 aromatic carbocycles. The zero-order valence-corrected chi connectivity index (χ0v) is 16.9. The predicted molar refractivity (Wildman–Crippen MR) is 112 cm³/mol. The van der Waals surface area contributed by atoms with E-state index in [1.165, 1.54) is 18.3 Å². The molecule has 1 aromatic heterocycles. The van der Waals surface area contributed by atoms with E-state index in [0.29, 0.717) is 28.5 Å². The number of methoxy groups -OCH3 is 1. The number of nitriles is 1. The van der Waals surface area contributed by atoms with Gasteiger partial charge >= 0.3 is 0 Å². The Morgan fingerprint density at radius 3 is 2.55 bits per heavy atom. The van der Waals surface area contributed by atoms with Gasteiger partial charge in [-0.15, -0.1) is 0 Å². The molecule has 0 aliphatic heterocycles. The van der Waals surface area contributed by atoms with Crippen LogP contribution in [0.5, 0.6) is 11.5 Å². The number of rotatable bonds is 9. The van der Waals surface area contributed by atoms with Crippen molar-refractivity contribution in [2.45, 2.75) is 6.54 Å². The van der Waals surface area contributed by atoms with Crippen LogP contribution in [0.1, 0.15) is 11.3 Å². The van der Waals surface area contributed by atoms with E-state index >= 15 is 0 Å². The van der Waals surface area contributed by atoms with E-state index < -0.39 is 5.91 Å². The third kappa shape index (κ3) is 6.11. The van der Waals surface area contributed by atoms with Gasteiger partial charge in [0.2, 0.25) is 5.91 Å². The highest BCUT2D eigenvalue weighted by Gasteiger charge is 2.20. The third-order valence-electron chi connectivity index (χ3n) is 4.34. The normalized spacial score (nSPS) is 10.1. The van der Waals surface area contributed by atoms with Crippen LogP contribution in [0, 0.1) is 11.3 Å². The van der Waals surface area contributed by atoms with Crippen LogP contribution in [-0.2, 0) is 16.1 Å². The summed E-state index contributed by atoms with van der Waals surface area (Å²) in [7, 11) is 1.51. The fourth-order valence-electron chi connectivity index (χ4n) is 2.80. The number of carbonyl (C=O) groups is 2. The molecule has 8 nitrogen and oxygen atoms in total.